The summed E-state index contributed by atoms with van der Waals surface area (Å²) in [5.41, 5.74) is 0.402. The third kappa shape index (κ3) is 3.84. The third-order valence-electron chi connectivity index (χ3n) is 6.12. The number of carbonyl (C=O) groups is 1. The number of likely N-dealkylation sites (tertiary alicyclic amines) is 1. The van der Waals surface area contributed by atoms with Crippen molar-refractivity contribution in [3.63, 3.8) is 0 Å². The van der Waals surface area contributed by atoms with Crippen molar-refractivity contribution in [2.75, 3.05) is 26.2 Å². The number of hydrogen-bond donors (Lipinski definition) is 2. The predicted molar refractivity (Wildman–Crippen MR) is 104 cm³/mol. The van der Waals surface area contributed by atoms with Gasteiger partial charge in [0.15, 0.2) is 5.78 Å². The molecule has 1 unspecified atom stereocenters. The summed E-state index contributed by atoms with van der Waals surface area (Å²) in [6.45, 7) is 3.25. The van der Waals surface area contributed by atoms with E-state index in [-0.39, 0.29) is 11.9 Å². The van der Waals surface area contributed by atoms with Gasteiger partial charge in [0.1, 0.15) is 24.2 Å². The van der Waals surface area contributed by atoms with Crippen molar-refractivity contribution < 1.29 is 19.5 Å². The molecule has 142 valence electrons. The lowest BCUT2D eigenvalue weighted by molar-refractivity contribution is -0.913. The summed E-state index contributed by atoms with van der Waals surface area (Å²) in [6, 6.07) is 19.1. The highest BCUT2D eigenvalue weighted by Gasteiger charge is 2.49. The zero-order valence-corrected chi connectivity index (χ0v) is 15.6. The number of hydrogen-bond acceptors (Lipinski definition) is 3. The topological polar surface area (TPSA) is 51.0 Å². The Hall–Kier alpha value is -2.01. The van der Waals surface area contributed by atoms with Crippen LogP contribution in [0.1, 0.15) is 35.2 Å². The molecule has 0 amide bonds. The molecule has 2 aromatic carbocycles. The monoisotopic (exact) mass is 366 g/mol. The van der Waals surface area contributed by atoms with E-state index in [4.69, 9.17) is 4.74 Å². The zero-order chi connectivity index (χ0) is 18.7. The van der Waals surface area contributed by atoms with Gasteiger partial charge in [-0.05, 0) is 18.4 Å². The largest absolute Gasteiger partial charge is 0.384 e. The lowest BCUT2D eigenvalue weighted by atomic mass is 9.72. The Morgan fingerprint density at radius 2 is 1.81 bits per heavy atom. The van der Waals surface area contributed by atoms with Crippen LogP contribution in [-0.2, 0) is 10.3 Å². The van der Waals surface area contributed by atoms with Gasteiger partial charge in [-0.3, -0.25) is 4.79 Å². The van der Waals surface area contributed by atoms with Gasteiger partial charge in [-0.1, -0.05) is 60.7 Å². The van der Waals surface area contributed by atoms with E-state index in [1.165, 1.54) is 4.90 Å². The molecule has 4 atom stereocenters. The number of quaternary nitrogens is 1. The van der Waals surface area contributed by atoms with Crippen LogP contribution < -0.4 is 4.90 Å². The molecule has 0 saturated carbocycles. The van der Waals surface area contributed by atoms with Crippen LogP contribution in [0, 0.1) is 5.92 Å². The molecule has 0 aromatic heterocycles. The van der Waals surface area contributed by atoms with E-state index in [1.807, 2.05) is 60.7 Å². The summed E-state index contributed by atoms with van der Waals surface area (Å²) in [5.74, 6) is -0.418. The van der Waals surface area contributed by atoms with Gasteiger partial charge >= 0.3 is 0 Å². The molecular weight excluding hydrogens is 338 g/mol. The van der Waals surface area contributed by atoms with Gasteiger partial charge in [0.05, 0.1) is 13.1 Å². The molecule has 0 radical (unpaired) electrons. The van der Waals surface area contributed by atoms with E-state index in [0.717, 1.165) is 38.1 Å². The standard InChI is InChI=1S/C23H27NO3/c25-22(18-8-3-1-4-9-18)21-17-24(16-20-12-7-15-27-20)14-13-23(21,26)19-10-5-2-6-11-19/h1-6,8-11,20-21,26H,7,12-17H2/p+1/t20-,21+,23-/m0/s1. The Kier molecular flexibility index (Phi) is 5.39. The van der Waals surface area contributed by atoms with Crippen LogP contribution in [0.2, 0.25) is 0 Å². The van der Waals surface area contributed by atoms with Crippen LogP contribution >= 0.6 is 0 Å². The van der Waals surface area contributed by atoms with Gasteiger partial charge in [-0.25, -0.2) is 0 Å². The van der Waals surface area contributed by atoms with E-state index < -0.39 is 11.5 Å². The lowest BCUT2D eigenvalue weighted by Crippen LogP contribution is -3.15. The second-order valence-corrected chi connectivity index (χ2v) is 7.87. The summed E-state index contributed by atoms with van der Waals surface area (Å²) in [6.07, 6.45) is 3.10. The first-order valence-electron chi connectivity index (χ1n) is 9.99. The summed E-state index contributed by atoms with van der Waals surface area (Å²) >= 11 is 0. The summed E-state index contributed by atoms with van der Waals surface area (Å²) in [7, 11) is 0. The van der Waals surface area contributed by atoms with Crippen LogP contribution in [0.5, 0.6) is 0 Å². The average Bonchev–Trinajstić information content (AvgIpc) is 3.23. The molecular formula is C23H28NO3+. The van der Waals surface area contributed by atoms with Gasteiger partial charge in [0.2, 0.25) is 0 Å². The fourth-order valence-corrected chi connectivity index (χ4v) is 4.60. The average molecular weight is 366 g/mol. The van der Waals surface area contributed by atoms with Crippen LogP contribution in [0.4, 0.5) is 0 Å². The smallest absolute Gasteiger partial charge is 0.174 e. The number of Topliss-reactive ketones (excluding diaryl/α,β-unsaturated/α-hetero) is 1. The first-order valence-corrected chi connectivity index (χ1v) is 9.99. The first-order chi connectivity index (χ1) is 13.2. The lowest BCUT2D eigenvalue weighted by Gasteiger charge is -2.42. The molecule has 0 spiro atoms. The summed E-state index contributed by atoms with van der Waals surface area (Å²) in [5, 5.41) is 11.6. The molecule has 2 aliphatic heterocycles. The molecule has 2 heterocycles. The Morgan fingerprint density at radius 3 is 2.48 bits per heavy atom. The molecule has 27 heavy (non-hydrogen) atoms. The van der Waals surface area contributed by atoms with E-state index in [2.05, 4.69) is 0 Å². The molecule has 2 aromatic rings. The number of ether oxygens (including phenoxy) is 1. The third-order valence-corrected chi connectivity index (χ3v) is 6.12. The van der Waals surface area contributed by atoms with Crippen LogP contribution in [-0.4, -0.2) is 43.2 Å². The van der Waals surface area contributed by atoms with Gasteiger partial charge in [-0.2, -0.15) is 0 Å². The normalized spacial score (nSPS) is 30.9. The molecule has 0 aliphatic carbocycles. The molecule has 0 bridgehead atoms. The molecule has 2 N–H and O–H groups in total. The minimum absolute atomic E-state index is 0.0338. The number of rotatable bonds is 5. The number of aliphatic hydroxyl groups is 1. The number of benzene rings is 2. The Bertz CT molecular complexity index is 758. The van der Waals surface area contributed by atoms with Crippen molar-refractivity contribution in [1.82, 2.24) is 0 Å². The van der Waals surface area contributed by atoms with Gasteiger partial charge < -0.3 is 14.7 Å². The van der Waals surface area contributed by atoms with Crippen molar-refractivity contribution in [1.29, 1.82) is 0 Å². The van der Waals surface area contributed by atoms with Gasteiger partial charge in [0.25, 0.3) is 0 Å². The number of ketones is 1. The molecule has 4 rings (SSSR count). The fraction of sp³-hybridized carbons (Fsp3) is 0.435. The maximum atomic E-state index is 13.4. The van der Waals surface area contributed by atoms with E-state index in [9.17, 15) is 9.90 Å². The van der Waals surface area contributed by atoms with Crippen LogP contribution in [0.25, 0.3) is 0 Å². The number of piperidine rings is 1. The zero-order valence-electron chi connectivity index (χ0n) is 15.6. The second-order valence-electron chi connectivity index (χ2n) is 7.87. The van der Waals surface area contributed by atoms with E-state index in [0.29, 0.717) is 18.5 Å². The SMILES string of the molecule is O=C(c1ccccc1)[C@H]1C[NH+](C[C@@H]2CCCO2)CC[C@]1(O)c1ccccc1. The molecule has 2 aliphatic rings. The maximum Gasteiger partial charge on any atom is 0.174 e. The highest BCUT2D eigenvalue weighted by atomic mass is 16.5. The molecule has 4 nitrogen and oxygen atoms in total. The molecule has 4 heteroatoms. The van der Waals surface area contributed by atoms with Crippen molar-refractivity contribution in [3.05, 3.63) is 71.8 Å². The van der Waals surface area contributed by atoms with Gasteiger partial charge in [0, 0.05) is 18.6 Å². The Morgan fingerprint density at radius 1 is 1.11 bits per heavy atom. The van der Waals surface area contributed by atoms with E-state index in [1.54, 1.807) is 0 Å². The van der Waals surface area contributed by atoms with Gasteiger partial charge in [-0.15, -0.1) is 0 Å². The van der Waals surface area contributed by atoms with Crippen molar-refractivity contribution in [2.45, 2.75) is 31.0 Å². The second kappa shape index (κ2) is 7.93. The minimum Gasteiger partial charge on any atom is -0.384 e. The number of nitrogens with one attached hydrogen (secondary N) is 1. The summed E-state index contributed by atoms with van der Waals surface area (Å²) < 4.78 is 5.80. The van der Waals surface area contributed by atoms with Crippen LogP contribution in [0.3, 0.4) is 0 Å². The van der Waals surface area contributed by atoms with Crippen LogP contribution in [0.15, 0.2) is 60.7 Å². The molecule has 2 saturated heterocycles. The van der Waals surface area contributed by atoms with Crippen molar-refractivity contribution in [3.8, 4) is 0 Å². The Balaban J connectivity index is 1.61. The number of carbonyl (C=O) groups excluding carboxylic acids is 1. The highest BCUT2D eigenvalue weighted by molar-refractivity contribution is 5.98. The highest BCUT2D eigenvalue weighted by Crippen LogP contribution is 2.36. The van der Waals surface area contributed by atoms with Crippen molar-refractivity contribution in [2.24, 2.45) is 5.92 Å². The maximum absolute atomic E-state index is 13.4. The predicted octanol–water partition coefficient (Wildman–Crippen LogP) is 1.84. The van der Waals surface area contributed by atoms with E-state index >= 15 is 0 Å². The minimum atomic E-state index is -1.12. The molecule has 2 fully saturated rings. The summed E-state index contributed by atoms with van der Waals surface area (Å²) in [4.78, 5) is 14.7. The Labute approximate surface area is 160 Å². The fourth-order valence-electron chi connectivity index (χ4n) is 4.60. The van der Waals surface area contributed by atoms with Crippen molar-refractivity contribution >= 4 is 5.78 Å². The first kappa shape index (κ1) is 18.4. The quantitative estimate of drug-likeness (QED) is 0.794.